The van der Waals surface area contributed by atoms with Crippen LogP contribution >= 0.6 is 0 Å². The standard InChI is InChI=1S/C10H9N.C2H6.H2/c1-8-6-9-4-2-3-5-10(9)11-7-8;1-2;/h2-7H,1H3;1-2H3;1H. The van der Waals surface area contributed by atoms with Crippen LogP contribution in [0.25, 0.3) is 10.9 Å². The smallest absolute Gasteiger partial charge is 0.0702 e. The van der Waals surface area contributed by atoms with Crippen molar-refractivity contribution in [1.82, 2.24) is 4.98 Å². The molecule has 13 heavy (non-hydrogen) atoms. The average Bonchev–Trinajstić information content (AvgIpc) is 2.21. The van der Waals surface area contributed by atoms with E-state index >= 15 is 0 Å². The maximum Gasteiger partial charge on any atom is 0.0702 e. The third-order valence-electron chi connectivity index (χ3n) is 1.73. The minimum absolute atomic E-state index is 0. The summed E-state index contributed by atoms with van der Waals surface area (Å²) < 4.78 is 0. The molecule has 2 aromatic rings. The van der Waals surface area contributed by atoms with Gasteiger partial charge in [0.2, 0.25) is 0 Å². The molecule has 0 bridgehead atoms. The van der Waals surface area contributed by atoms with Gasteiger partial charge in [0.15, 0.2) is 0 Å². The highest BCUT2D eigenvalue weighted by Crippen LogP contribution is 2.11. The maximum atomic E-state index is 4.28. The summed E-state index contributed by atoms with van der Waals surface area (Å²) in [5, 5.41) is 1.22. The van der Waals surface area contributed by atoms with E-state index in [1.807, 2.05) is 38.2 Å². The van der Waals surface area contributed by atoms with E-state index in [0.29, 0.717) is 0 Å². The van der Waals surface area contributed by atoms with Gasteiger partial charge in [-0.2, -0.15) is 0 Å². The number of pyridine rings is 1. The van der Waals surface area contributed by atoms with Crippen molar-refractivity contribution in [3.05, 3.63) is 42.1 Å². The number of hydrogen-bond donors (Lipinski definition) is 0. The van der Waals surface area contributed by atoms with Crippen LogP contribution in [0.5, 0.6) is 0 Å². The van der Waals surface area contributed by atoms with Gasteiger partial charge in [0.25, 0.3) is 0 Å². The van der Waals surface area contributed by atoms with Gasteiger partial charge in [0.1, 0.15) is 0 Å². The highest BCUT2D eigenvalue weighted by molar-refractivity contribution is 5.78. The normalized spacial score (nSPS) is 9.15. The molecule has 2 rings (SSSR count). The van der Waals surface area contributed by atoms with Crippen molar-refractivity contribution in [3.63, 3.8) is 0 Å². The molecule has 0 aliphatic rings. The van der Waals surface area contributed by atoms with Gasteiger partial charge in [0, 0.05) is 13.0 Å². The van der Waals surface area contributed by atoms with Gasteiger partial charge in [-0.05, 0) is 24.6 Å². The van der Waals surface area contributed by atoms with E-state index in [1.54, 1.807) is 0 Å². The molecule has 1 heteroatoms. The Hall–Kier alpha value is -1.37. The topological polar surface area (TPSA) is 12.9 Å². The van der Waals surface area contributed by atoms with E-state index < -0.39 is 0 Å². The number of nitrogens with zero attached hydrogens (tertiary/aromatic N) is 1. The Morgan fingerprint density at radius 3 is 2.62 bits per heavy atom. The van der Waals surface area contributed by atoms with Crippen LogP contribution in [0.1, 0.15) is 20.8 Å². The van der Waals surface area contributed by atoms with Crippen LogP contribution in [0.3, 0.4) is 0 Å². The maximum absolute atomic E-state index is 4.28. The molecule has 0 fully saturated rings. The summed E-state index contributed by atoms with van der Waals surface area (Å²) >= 11 is 0. The molecule has 1 nitrogen and oxygen atoms in total. The fourth-order valence-corrected chi connectivity index (χ4v) is 1.18. The highest BCUT2D eigenvalue weighted by atomic mass is 14.6. The van der Waals surface area contributed by atoms with E-state index in [-0.39, 0.29) is 1.43 Å². The zero-order valence-corrected chi connectivity index (χ0v) is 8.41. The number of para-hydroxylation sites is 1. The first-order valence-electron chi connectivity index (χ1n) is 4.68. The number of aryl methyl sites for hydroxylation is 1. The van der Waals surface area contributed by atoms with Crippen molar-refractivity contribution < 1.29 is 1.43 Å². The number of hydrogen-bond acceptors (Lipinski definition) is 1. The van der Waals surface area contributed by atoms with Gasteiger partial charge in [-0.25, -0.2) is 0 Å². The third-order valence-corrected chi connectivity index (χ3v) is 1.73. The Labute approximate surface area is 80.9 Å². The van der Waals surface area contributed by atoms with Crippen LogP contribution < -0.4 is 0 Å². The van der Waals surface area contributed by atoms with Crippen LogP contribution in [-0.4, -0.2) is 4.98 Å². The quantitative estimate of drug-likeness (QED) is 0.593. The lowest BCUT2D eigenvalue weighted by atomic mass is 10.2. The van der Waals surface area contributed by atoms with Crippen molar-refractivity contribution in [2.24, 2.45) is 0 Å². The van der Waals surface area contributed by atoms with E-state index in [2.05, 4.69) is 24.0 Å². The lowest BCUT2D eigenvalue weighted by Gasteiger charge is -1.95. The van der Waals surface area contributed by atoms with Gasteiger partial charge in [-0.1, -0.05) is 32.0 Å². The van der Waals surface area contributed by atoms with Crippen molar-refractivity contribution in [2.45, 2.75) is 20.8 Å². The van der Waals surface area contributed by atoms with Crippen LogP contribution in [0.2, 0.25) is 0 Å². The van der Waals surface area contributed by atoms with Gasteiger partial charge in [-0.3, -0.25) is 4.98 Å². The molecular formula is C12H17N. The summed E-state index contributed by atoms with van der Waals surface area (Å²) in [7, 11) is 0. The molecule has 1 aromatic carbocycles. The summed E-state index contributed by atoms with van der Waals surface area (Å²) in [6, 6.07) is 10.3. The molecule has 1 heterocycles. The molecule has 0 saturated carbocycles. The fourth-order valence-electron chi connectivity index (χ4n) is 1.18. The van der Waals surface area contributed by atoms with Crippen molar-refractivity contribution in [1.29, 1.82) is 0 Å². The minimum Gasteiger partial charge on any atom is -0.256 e. The average molecular weight is 175 g/mol. The number of aromatic nitrogens is 1. The molecule has 1 aromatic heterocycles. The Balaban J connectivity index is 0.000000531. The van der Waals surface area contributed by atoms with Crippen LogP contribution in [0.4, 0.5) is 0 Å². The molecule has 0 saturated heterocycles. The molecule has 0 aliphatic heterocycles. The van der Waals surface area contributed by atoms with Crippen molar-refractivity contribution >= 4 is 10.9 Å². The molecule has 0 N–H and O–H groups in total. The van der Waals surface area contributed by atoms with Crippen LogP contribution in [0.15, 0.2) is 36.5 Å². The van der Waals surface area contributed by atoms with E-state index in [9.17, 15) is 0 Å². The van der Waals surface area contributed by atoms with E-state index in [4.69, 9.17) is 0 Å². The lowest BCUT2D eigenvalue weighted by molar-refractivity contribution is 1.33. The first kappa shape index (κ1) is 9.72. The third kappa shape index (κ3) is 2.28. The molecule has 0 atom stereocenters. The molecule has 0 radical (unpaired) electrons. The Kier molecular flexibility index (Phi) is 3.44. The molecule has 0 unspecified atom stereocenters. The Morgan fingerprint density at radius 1 is 1.15 bits per heavy atom. The minimum atomic E-state index is 0. The molecule has 0 amide bonds. The van der Waals surface area contributed by atoms with Crippen molar-refractivity contribution in [2.75, 3.05) is 0 Å². The van der Waals surface area contributed by atoms with Gasteiger partial charge >= 0.3 is 0 Å². The largest absolute Gasteiger partial charge is 0.256 e. The van der Waals surface area contributed by atoms with Crippen LogP contribution in [0, 0.1) is 6.92 Å². The van der Waals surface area contributed by atoms with E-state index in [1.165, 1.54) is 10.9 Å². The summed E-state index contributed by atoms with van der Waals surface area (Å²) in [6.45, 7) is 6.06. The van der Waals surface area contributed by atoms with Crippen LogP contribution in [-0.2, 0) is 0 Å². The Bertz CT molecular complexity index is 385. The zero-order chi connectivity index (χ0) is 9.68. The first-order chi connectivity index (χ1) is 6.36. The van der Waals surface area contributed by atoms with Gasteiger partial charge < -0.3 is 0 Å². The summed E-state index contributed by atoms with van der Waals surface area (Å²) in [5.74, 6) is 0. The predicted octanol–water partition coefficient (Wildman–Crippen LogP) is 3.82. The fraction of sp³-hybridized carbons (Fsp3) is 0.250. The van der Waals surface area contributed by atoms with Gasteiger partial charge in [0.05, 0.1) is 5.52 Å². The first-order valence-corrected chi connectivity index (χ1v) is 4.68. The predicted molar refractivity (Wildman–Crippen MR) is 59.9 cm³/mol. The SMILES string of the molecule is CC.Cc1cnc2ccccc2c1.[HH]. The molecule has 0 spiro atoms. The van der Waals surface area contributed by atoms with Gasteiger partial charge in [-0.15, -0.1) is 0 Å². The second kappa shape index (κ2) is 4.61. The van der Waals surface area contributed by atoms with E-state index in [0.717, 1.165) is 5.52 Å². The zero-order valence-electron chi connectivity index (χ0n) is 8.41. The second-order valence-corrected chi connectivity index (χ2v) is 2.71. The summed E-state index contributed by atoms with van der Waals surface area (Å²) in [6.07, 6.45) is 1.89. The Morgan fingerprint density at radius 2 is 1.85 bits per heavy atom. The van der Waals surface area contributed by atoms with Crippen molar-refractivity contribution in [3.8, 4) is 0 Å². The lowest BCUT2D eigenvalue weighted by Crippen LogP contribution is -1.78. The molecule has 70 valence electrons. The molecular weight excluding hydrogens is 158 g/mol. The number of benzene rings is 1. The second-order valence-electron chi connectivity index (χ2n) is 2.71. The molecule has 0 aliphatic carbocycles. The highest BCUT2D eigenvalue weighted by Gasteiger charge is 1.90. The number of rotatable bonds is 0. The summed E-state index contributed by atoms with van der Waals surface area (Å²) in [4.78, 5) is 4.28. The monoisotopic (exact) mass is 175 g/mol. The number of fused-ring (bicyclic) bond motifs is 1. The summed E-state index contributed by atoms with van der Waals surface area (Å²) in [5.41, 5.74) is 2.28.